The van der Waals surface area contributed by atoms with Crippen LogP contribution in [-0.4, -0.2) is 27.9 Å². The molecule has 1 aromatic carbocycles. The van der Waals surface area contributed by atoms with Gasteiger partial charge in [-0.1, -0.05) is 6.92 Å². The Hall–Kier alpha value is -2.58. The van der Waals surface area contributed by atoms with Gasteiger partial charge in [-0.2, -0.15) is 0 Å². The summed E-state index contributed by atoms with van der Waals surface area (Å²) in [4.78, 5) is 32.1. The van der Waals surface area contributed by atoms with E-state index in [0.717, 1.165) is 0 Å². The zero-order valence-corrected chi connectivity index (χ0v) is 10.2. The van der Waals surface area contributed by atoms with E-state index >= 15 is 0 Å². The molecule has 1 atom stereocenters. The Kier molecular flexibility index (Phi) is 4.68. The maximum Gasteiger partial charge on any atom is 0.326 e. The quantitative estimate of drug-likeness (QED) is 0.629. The van der Waals surface area contributed by atoms with E-state index in [1.807, 2.05) is 5.32 Å². The topological polar surface area (TPSA) is 110 Å². The number of nitrogens with zero attached hydrogens (tertiary/aromatic N) is 1. The van der Waals surface area contributed by atoms with Crippen LogP contribution in [0.2, 0.25) is 0 Å². The molecule has 2 N–H and O–H groups in total. The number of carboxylic acid groups (broad SMARTS) is 1. The molecule has 0 aliphatic rings. The maximum absolute atomic E-state index is 13.1. The minimum atomic E-state index is -1.47. The molecule has 0 aliphatic heterocycles. The molecule has 7 nitrogen and oxygen atoms in total. The van der Waals surface area contributed by atoms with Crippen LogP contribution in [0.3, 0.4) is 0 Å². The van der Waals surface area contributed by atoms with E-state index in [2.05, 4.69) is 0 Å². The molecule has 0 unspecified atom stereocenters. The van der Waals surface area contributed by atoms with Gasteiger partial charge in [0.25, 0.3) is 11.6 Å². The van der Waals surface area contributed by atoms with Crippen molar-refractivity contribution in [2.45, 2.75) is 19.4 Å². The number of nitro benzene ring substituents is 1. The van der Waals surface area contributed by atoms with Crippen molar-refractivity contribution in [3.05, 3.63) is 39.4 Å². The fourth-order valence-electron chi connectivity index (χ4n) is 1.44. The Morgan fingerprint density at radius 3 is 2.40 bits per heavy atom. The molecule has 0 spiro atoms. The molecule has 1 amide bonds. The molecule has 0 heterocycles. The van der Waals surface area contributed by atoms with Gasteiger partial charge < -0.3 is 10.4 Å². The number of halogens is 2. The van der Waals surface area contributed by atoms with Crippen LogP contribution in [0.5, 0.6) is 0 Å². The largest absolute Gasteiger partial charge is 0.480 e. The van der Waals surface area contributed by atoms with E-state index in [0.29, 0.717) is 6.07 Å². The number of nitro groups is 1. The minimum absolute atomic E-state index is 0.0263. The number of carboxylic acids is 1. The monoisotopic (exact) mass is 288 g/mol. The summed E-state index contributed by atoms with van der Waals surface area (Å²) in [6.07, 6.45) is 0.0263. The number of amides is 1. The van der Waals surface area contributed by atoms with Crippen LogP contribution < -0.4 is 5.32 Å². The van der Waals surface area contributed by atoms with Crippen molar-refractivity contribution in [2.24, 2.45) is 0 Å². The van der Waals surface area contributed by atoms with Gasteiger partial charge in [-0.15, -0.1) is 0 Å². The van der Waals surface area contributed by atoms with E-state index in [4.69, 9.17) is 5.11 Å². The Morgan fingerprint density at radius 1 is 1.40 bits per heavy atom. The van der Waals surface area contributed by atoms with E-state index < -0.39 is 45.7 Å². The highest BCUT2D eigenvalue weighted by atomic mass is 19.2. The van der Waals surface area contributed by atoms with Gasteiger partial charge in [0, 0.05) is 0 Å². The van der Waals surface area contributed by atoms with Crippen LogP contribution in [0.4, 0.5) is 14.5 Å². The highest BCUT2D eigenvalue weighted by Crippen LogP contribution is 2.22. The average molecular weight is 288 g/mol. The Labute approximate surface area is 111 Å². The number of rotatable bonds is 5. The molecule has 0 aromatic heterocycles. The Balaban J connectivity index is 3.18. The van der Waals surface area contributed by atoms with Crippen LogP contribution in [0, 0.1) is 21.7 Å². The number of hydrogen-bond donors (Lipinski definition) is 2. The van der Waals surface area contributed by atoms with Gasteiger partial charge in [0.05, 0.1) is 11.0 Å². The molecule has 0 saturated heterocycles. The predicted molar refractivity (Wildman–Crippen MR) is 62.2 cm³/mol. The molecule has 0 fully saturated rings. The lowest BCUT2D eigenvalue weighted by molar-refractivity contribution is -0.385. The van der Waals surface area contributed by atoms with Gasteiger partial charge in [0.2, 0.25) is 0 Å². The summed E-state index contributed by atoms with van der Waals surface area (Å²) in [7, 11) is 0. The Morgan fingerprint density at radius 2 is 1.95 bits per heavy atom. The predicted octanol–water partition coefficient (Wildman–Crippen LogP) is 1.47. The van der Waals surface area contributed by atoms with Gasteiger partial charge >= 0.3 is 5.97 Å². The van der Waals surface area contributed by atoms with Crippen LogP contribution in [0.1, 0.15) is 23.7 Å². The Bertz CT molecular complexity index is 576. The summed E-state index contributed by atoms with van der Waals surface area (Å²) in [5.74, 6) is -5.42. The van der Waals surface area contributed by atoms with Crippen LogP contribution in [0.25, 0.3) is 0 Å². The SMILES string of the molecule is CC[C@H](NC(=O)c1cc(F)c(F)cc1[N+](=O)[O-])C(=O)O. The van der Waals surface area contributed by atoms with Crippen molar-refractivity contribution in [3.8, 4) is 0 Å². The third kappa shape index (κ3) is 3.25. The molecule has 20 heavy (non-hydrogen) atoms. The summed E-state index contributed by atoms with van der Waals surface area (Å²) in [6.45, 7) is 1.47. The highest BCUT2D eigenvalue weighted by Gasteiger charge is 2.26. The summed E-state index contributed by atoms with van der Waals surface area (Å²) < 4.78 is 26.0. The number of carbonyl (C=O) groups excluding carboxylic acids is 1. The molecule has 0 bridgehead atoms. The standard InChI is InChI=1S/C11H10F2N2O5/c1-2-8(11(17)18)14-10(16)5-3-6(12)7(13)4-9(5)15(19)20/h3-4,8H,2H2,1H3,(H,14,16)(H,17,18)/t8-/m0/s1. The number of aliphatic carboxylic acids is 1. The van der Waals surface area contributed by atoms with Crippen molar-refractivity contribution in [1.82, 2.24) is 5.32 Å². The van der Waals surface area contributed by atoms with E-state index in [9.17, 15) is 28.5 Å². The molecule has 1 aromatic rings. The van der Waals surface area contributed by atoms with Crippen molar-refractivity contribution >= 4 is 17.6 Å². The van der Waals surface area contributed by atoms with E-state index in [-0.39, 0.29) is 12.5 Å². The fourth-order valence-corrected chi connectivity index (χ4v) is 1.44. The molecule has 1 rings (SSSR count). The lowest BCUT2D eigenvalue weighted by atomic mass is 10.1. The number of nitrogens with one attached hydrogen (secondary N) is 1. The molecule has 108 valence electrons. The summed E-state index contributed by atoms with van der Waals surface area (Å²) >= 11 is 0. The smallest absolute Gasteiger partial charge is 0.326 e. The minimum Gasteiger partial charge on any atom is -0.480 e. The zero-order valence-electron chi connectivity index (χ0n) is 10.2. The maximum atomic E-state index is 13.1. The lowest BCUT2D eigenvalue weighted by Gasteiger charge is -2.12. The highest BCUT2D eigenvalue weighted by molar-refractivity contribution is 6.00. The van der Waals surface area contributed by atoms with Gasteiger partial charge in [-0.3, -0.25) is 14.9 Å². The number of carbonyl (C=O) groups is 2. The normalized spacial score (nSPS) is 11.8. The third-order valence-electron chi connectivity index (χ3n) is 2.49. The average Bonchev–Trinajstić information content (AvgIpc) is 2.37. The zero-order chi connectivity index (χ0) is 15.4. The van der Waals surface area contributed by atoms with Crippen LogP contribution in [0.15, 0.2) is 12.1 Å². The van der Waals surface area contributed by atoms with Crippen LogP contribution >= 0.6 is 0 Å². The molecule has 9 heteroatoms. The van der Waals surface area contributed by atoms with Crippen molar-refractivity contribution in [3.63, 3.8) is 0 Å². The summed E-state index contributed by atoms with van der Waals surface area (Å²) in [5.41, 5.74) is -1.68. The van der Waals surface area contributed by atoms with Gasteiger partial charge in [-0.05, 0) is 12.5 Å². The molecule has 0 saturated carbocycles. The second-order valence-corrected chi connectivity index (χ2v) is 3.81. The van der Waals surface area contributed by atoms with E-state index in [1.54, 1.807) is 0 Å². The number of benzene rings is 1. The third-order valence-corrected chi connectivity index (χ3v) is 2.49. The summed E-state index contributed by atoms with van der Waals surface area (Å²) in [5, 5.41) is 21.5. The van der Waals surface area contributed by atoms with Gasteiger partial charge in [-0.25, -0.2) is 13.6 Å². The second-order valence-electron chi connectivity index (χ2n) is 3.81. The van der Waals surface area contributed by atoms with E-state index in [1.165, 1.54) is 6.92 Å². The van der Waals surface area contributed by atoms with Crippen LogP contribution in [-0.2, 0) is 4.79 Å². The fraction of sp³-hybridized carbons (Fsp3) is 0.273. The molecular formula is C11H10F2N2O5. The first-order valence-corrected chi connectivity index (χ1v) is 5.45. The van der Waals surface area contributed by atoms with Crippen molar-refractivity contribution < 1.29 is 28.4 Å². The lowest BCUT2D eigenvalue weighted by Crippen LogP contribution is -2.40. The van der Waals surface area contributed by atoms with Crippen molar-refractivity contribution in [1.29, 1.82) is 0 Å². The molecule has 0 radical (unpaired) electrons. The van der Waals surface area contributed by atoms with Crippen molar-refractivity contribution in [2.75, 3.05) is 0 Å². The first-order chi connectivity index (χ1) is 9.27. The first kappa shape index (κ1) is 15.5. The first-order valence-electron chi connectivity index (χ1n) is 5.45. The second kappa shape index (κ2) is 6.04. The van der Waals surface area contributed by atoms with Gasteiger partial charge in [0.1, 0.15) is 11.6 Å². The van der Waals surface area contributed by atoms with Gasteiger partial charge in [0.15, 0.2) is 11.6 Å². The molecular weight excluding hydrogens is 278 g/mol. The molecule has 0 aliphatic carbocycles. The summed E-state index contributed by atoms with van der Waals surface area (Å²) in [6, 6.07) is -0.654. The number of hydrogen-bond acceptors (Lipinski definition) is 4.